The maximum atomic E-state index is 13.4. The molecule has 0 radical (unpaired) electrons. The van der Waals surface area contributed by atoms with Gasteiger partial charge in [0.2, 0.25) is 0 Å². The minimum atomic E-state index is -4.55. The molecule has 0 fully saturated rings. The third-order valence-corrected chi connectivity index (χ3v) is 4.86. The summed E-state index contributed by atoms with van der Waals surface area (Å²) in [6.07, 6.45) is -4.55. The predicted octanol–water partition coefficient (Wildman–Crippen LogP) is 5.34. The standard InChI is InChI=1S/C23H12F3N3O4/c24-23(25,26)17-4-2-1-3-14(17)13-6-7-15-19(10-13)33-29-20(15)21(30)28-18-8-5-12(11-27)9-16(18)22(31)32/h1-10H,(H,28,30)(H,31,32). The van der Waals surface area contributed by atoms with E-state index in [2.05, 4.69) is 10.5 Å². The number of aromatic carboxylic acids is 1. The smallest absolute Gasteiger partial charge is 0.417 e. The molecule has 10 heteroatoms. The summed E-state index contributed by atoms with van der Waals surface area (Å²) in [6, 6.07) is 14.8. The van der Waals surface area contributed by atoms with Gasteiger partial charge in [0.15, 0.2) is 11.3 Å². The summed E-state index contributed by atoms with van der Waals surface area (Å²) < 4.78 is 45.2. The molecule has 1 heterocycles. The fourth-order valence-corrected chi connectivity index (χ4v) is 3.33. The minimum absolute atomic E-state index is 0.0571. The number of aromatic nitrogens is 1. The normalized spacial score (nSPS) is 11.2. The molecule has 2 N–H and O–H groups in total. The molecule has 4 rings (SSSR count). The van der Waals surface area contributed by atoms with Crippen molar-refractivity contribution in [3.8, 4) is 17.2 Å². The van der Waals surface area contributed by atoms with E-state index in [1.165, 1.54) is 48.5 Å². The van der Waals surface area contributed by atoms with Crippen LogP contribution in [0.1, 0.15) is 32.0 Å². The molecular formula is C23H12F3N3O4. The van der Waals surface area contributed by atoms with Gasteiger partial charge in [-0.2, -0.15) is 18.4 Å². The summed E-state index contributed by atoms with van der Waals surface area (Å²) in [5, 5.41) is 24.6. The highest BCUT2D eigenvalue weighted by molar-refractivity contribution is 6.12. The number of amides is 1. The van der Waals surface area contributed by atoms with E-state index < -0.39 is 23.6 Å². The zero-order valence-electron chi connectivity index (χ0n) is 16.5. The van der Waals surface area contributed by atoms with E-state index >= 15 is 0 Å². The highest BCUT2D eigenvalue weighted by Gasteiger charge is 2.33. The number of carbonyl (C=O) groups is 2. The summed E-state index contributed by atoms with van der Waals surface area (Å²) in [5.74, 6) is -2.13. The van der Waals surface area contributed by atoms with Crippen LogP contribution in [0.4, 0.5) is 18.9 Å². The van der Waals surface area contributed by atoms with Crippen molar-refractivity contribution in [3.05, 3.63) is 83.0 Å². The molecule has 0 aliphatic heterocycles. The molecule has 0 unspecified atom stereocenters. The monoisotopic (exact) mass is 451 g/mol. The third-order valence-electron chi connectivity index (χ3n) is 4.86. The molecule has 1 aromatic heterocycles. The van der Waals surface area contributed by atoms with Crippen LogP contribution in [-0.2, 0) is 6.18 Å². The number of anilines is 1. The Morgan fingerprint density at radius 2 is 1.82 bits per heavy atom. The van der Waals surface area contributed by atoms with Gasteiger partial charge in [0, 0.05) is 0 Å². The molecule has 0 aliphatic carbocycles. The lowest BCUT2D eigenvalue weighted by atomic mass is 9.98. The molecule has 0 spiro atoms. The first-order valence-corrected chi connectivity index (χ1v) is 9.34. The average Bonchev–Trinajstić information content (AvgIpc) is 3.22. The second-order valence-electron chi connectivity index (χ2n) is 6.92. The van der Waals surface area contributed by atoms with Crippen molar-refractivity contribution < 1.29 is 32.4 Å². The van der Waals surface area contributed by atoms with Crippen LogP contribution in [0.25, 0.3) is 22.1 Å². The summed E-state index contributed by atoms with van der Waals surface area (Å²) >= 11 is 0. The molecule has 164 valence electrons. The molecular weight excluding hydrogens is 439 g/mol. The van der Waals surface area contributed by atoms with Crippen LogP contribution >= 0.6 is 0 Å². The van der Waals surface area contributed by atoms with E-state index in [4.69, 9.17) is 9.78 Å². The summed E-state index contributed by atoms with van der Waals surface area (Å²) in [5.41, 5.74) is -1.00. The molecule has 0 saturated carbocycles. The van der Waals surface area contributed by atoms with Gasteiger partial charge in [-0.05, 0) is 47.5 Å². The Morgan fingerprint density at radius 1 is 1.06 bits per heavy atom. The lowest BCUT2D eigenvalue weighted by molar-refractivity contribution is -0.137. The number of nitrogens with zero attached hydrogens (tertiary/aromatic N) is 2. The third kappa shape index (κ3) is 4.12. The van der Waals surface area contributed by atoms with Gasteiger partial charge in [0.25, 0.3) is 5.91 Å². The Kier molecular flexibility index (Phi) is 5.31. The van der Waals surface area contributed by atoms with Gasteiger partial charge in [-0.1, -0.05) is 29.4 Å². The maximum Gasteiger partial charge on any atom is 0.417 e. The second kappa shape index (κ2) is 8.12. The van der Waals surface area contributed by atoms with Crippen molar-refractivity contribution in [1.29, 1.82) is 5.26 Å². The first-order chi connectivity index (χ1) is 15.7. The fraction of sp³-hybridized carbons (Fsp3) is 0.0435. The predicted molar refractivity (Wildman–Crippen MR) is 111 cm³/mol. The molecule has 0 saturated heterocycles. The Morgan fingerprint density at radius 3 is 2.52 bits per heavy atom. The van der Waals surface area contributed by atoms with Crippen LogP contribution in [-0.4, -0.2) is 22.1 Å². The number of benzene rings is 3. The average molecular weight is 451 g/mol. The zero-order chi connectivity index (χ0) is 23.8. The number of carboxylic acid groups (broad SMARTS) is 1. The van der Waals surface area contributed by atoms with Crippen LogP contribution in [0.5, 0.6) is 0 Å². The van der Waals surface area contributed by atoms with E-state index in [1.54, 1.807) is 0 Å². The first kappa shape index (κ1) is 21.6. The molecule has 1 amide bonds. The van der Waals surface area contributed by atoms with Crippen molar-refractivity contribution in [2.24, 2.45) is 0 Å². The molecule has 0 bridgehead atoms. The lowest BCUT2D eigenvalue weighted by Gasteiger charge is -2.12. The molecule has 4 aromatic rings. The molecule has 7 nitrogen and oxygen atoms in total. The quantitative estimate of drug-likeness (QED) is 0.433. The summed E-state index contributed by atoms with van der Waals surface area (Å²) in [6.45, 7) is 0. The number of hydrogen-bond donors (Lipinski definition) is 2. The van der Waals surface area contributed by atoms with Crippen LogP contribution in [0.2, 0.25) is 0 Å². The number of nitriles is 1. The van der Waals surface area contributed by atoms with Crippen molar-refractivity contribution in [2.45, 2.75) is 6.18 Å². The van der Waals surface area contributed by atoms with Crippen molar-refractivity contribution in [2.75, 3.05) is 5.32 Å². The lowest BCUT2D eigenvalue weighted by Crippen LogP contribution is -2.15. The second-order valence-corrected chi connectivity index (χ2v) is 6.92. The minimum Gasteiger partial charge on any atom is -0.478 e. The summed E-state index contributed by atoms with van der Waals surface area (Å²) in [7, 11) is 0. The molecule has 0 aliphatic rings. The molecule has 0 atom stereocenters. The summed E-state index contributed by atoms with van der Waals surface area (Å²) in [4.78, 5) is 24.2. The van der Waals surface area contributed by atoms with Crippen LogP contribution < -0.4 is 5.32 Å². The molecule has 33 heavy (non-hydrogen) atoms. The highest BCUT2D eigenvalue weighted by atomic mass is 19.4. The Bertz CT molecular complexity index is 1450. The Hall–Kier alpha value is -4.65. The maximum absolute atomic E-state index is 13.4. The topological polar surface area (TPSA) is 116 Å². The van der Waals surface area contributed by atoms with Gasteiger partial charge in [-0.25, -0.2) is 4.79 Å². The van der Waals surface area contributed by atoms with Gasteiger partial charge in [0.05, 0.1) is 33.8 Å². The van der Waals surface area contributed by atoms with Crippen molar-refractivity contribution >= 4 is 28.5 Å². The van der Waals surface area contributed by atoms with E-state index in [-0.39, 0.29) is 44.6 Å². The van der Waals surface area contributed by atoms with E-state index in [0.29, 0.717) is 0 Å². The number of carboxylic acids is 1. The van der Waals surface area contributed by atoms with Crippen molar-refractivity contribution in [1.82, 2.24) is 5.16 Å². The fourth-order valence-electron chi connectivity index (χ4n) is 3.33. The number of carbonyl (C=O) groups excluding carboxylic acids is 1. The number of fused-ring (bicyclic) bond motifs is 1. The Labute approximate surface area is 183 Å². The highest BCUT2D eigenvalue weighted by Crippen LogP contribution is 2.38. The van der Waals surface area contributed by atoms with E-state index in [0.717, 1.165) is 12.1 Å². The van der Waals surface area contributed by atoms with Crippen LogP contribution in [0.15, 0.2) is 65.2 Å². The largest absolute Gasteiger partial charge is 0.478 e. The molecule has 3 aromatic carbocycles. The van der Waals surface area contributed by atoms with E-state index in [9.17, 15) is 27.9 Å². The van der Waals surface area contributed by atoms with E-state index in [1.807, 2.05) is 6.07 Å². The number of hydrogen-bond acceptors (Lipinski definition) is 5. The number of rotatable bonds is 4. The number of alkyl halides is 3. The van der Waals surface area contributed by atoms with Gasteiger partial charge < -0.3 is 14.9 Å². The van der Waals surface area contributed by atoms with Gasteiger partial charge in [-0.3, -0.25) is 4.79 Å². The van der Waals surface area contributed by atoms with Gasteiger partial charge in [-0.15, -0.1) is 0 Å². The number of nitrogens with one attached hydrogen (secondary N) is 1. The first-order valence-electron chi connectivity index (χ1n) is 9.34. The van der Waals surface area contributed by atoms with Gasteiger partial charge >= 0.3 is 12.1 Å². The van der Waals surface area contributed by atoms with Crippen molar-refractivity contribution in [3.63, 3.8) is 0 Å². The van der Waals surface area contributed by atoms with Crippen LogP contribution in [0, 0.1) is 11.3 Å². The SMILES string of the molecule is N#Cc1ccc(NC(=O)c2noc3cc(-c4ccccc4C(F)(F)F)ccc23)c(C(=O)O)c1. The zero-order valence-corrected chi connectivity index (χ0v) is 16.5. The number of halogens is 3. The van der Waals surface area contributed by atoms with Gasteiger partial charge in [0.1, 0.15) is 0 Å². The Balaban J connectivity index is 1.69. The van der Waals surface area contributed by atoms with Crippen LogP contribution in [0.3, 0.4) is 0 Å².